The van der Waals surface area contributed by atoms with Crippen LogP contribution in [0.1, 0.15) is 0 Å². The number of aromatic nitrogens is 4. The van der Waals surface area contributed by atoms with Crippen LogP contribution < -0.4 is 0 Å². The Balaban J connectivity index is 1.54. The molecule has 0 atom stereocenters. The van der Waals surface area contributed by atoms with Crippen LogP contribution in [0.3, 0.4) is 0 Å². The normalized spacial score (nSPS) is 16.2. The Morgan fingerprint density at radius 1 is 1.25 bits per heavy atom. The van der Waals surface area contributed by atoms with Crippen molar-refractivity contribution in [3.8, 4) is 0 Å². The van der Waals surface area contributed by atoms with Crippen molar-refractivity contribution in [2.45, 2.75) is 5.16 Å². The van der Waals surface area contributed by atoms with E-state index in [0.29, 0.717) is 0 Å². The molecule has 0 N–H and O–H groups in total. The zero-order valence-electron chi connectivity index (χ0n) is 13.4. The molecule has 1 aliphatic rings. The highest BCUT2D eigenvalue weighted by molar-refractivity contribution is 9.10. The molecular formula is C16H18BrN5OS. The molecule has 2 aromatic heterocycles. The van der Waals surface area contributed by atoms with Crippen molar-refractivity contribution >= 4 is 49.8 Å². The Labute approximate surface area is 152 Å². The summed E-state index contributed by atoms with van der Waals surface area (Å²) >= 11 is 5.18. The molecule has 1 aliphatic heterocycles. The molecule has 6 nitrogen and oxygen atoms in total. The molecule has 0 radical (unpaired) electrons. The van der Waals surface area contributed by atoms with Gasteiger partial charge in [-0.15, -0.1) is 10.2 Å². The number of rotatable bonds is 4. The SMILES string of the molecule is Cn1c2ccc(Br)cc2c2nnc(SCCN3CCOCC3)nc21. The Morgan fingerprint density at radius 3 is 2.92 bits per heavy atom. The topological polar surface area (TPSA) is 56.1 Å². The molecule has 1 saturated heterocycles. The third-order valence-corrected chi connectivity index (χ3v) is 5.60. The number of ether oxygens (including phenoxy) is 1. The summed E-state index contributed by atoms with van der Waals surface area (Å²) in [4.78, 5) is 7.13. The number of hydrogen-bond acceptors (Lipinski definition) is 6. The molecule has 8 heteroatoms. The summed E-state index contributed by atoms with van der Waals surface area (Å²) in [6.45, 7) is 4.71. The predicted octanol–water partition coefficient (Wildman–Crippen LogP) is 2.70. The third-order valence-electron chi connectivity index (χ3n) is 4.28. The van der Waals surface area contributed by atoms with Crippen molar-refractivity contribution in [1.82, 2.24) is 24.6 Å². The van der Waals surface area contributed by atoms with E-state index in [1.54, 1.807) is 11.8 Å². The molecule has 0 spiro atoms. The lowest BCUT2D eigenvalue weighted by Crippen LogP contribution is -2.37. The smallest absolute Gasteiger partial charge is 0.211 e. The van der Waals surface area contributed by atoms with Crippen LogP contribution in [0.25, 0.3) is 22.1 Å². The van der Waals surface area contributed by atoms with Crippen LogP contribution in [-0.4, -0.2) is 63.2 Å². The number of aryl methyl sites for hydroxylation is 1. The third kappa shape index (κ3) is 3.15. The van der Waals surface area contributed by atoms with Gasteiger partial charge >= 0.3 is 0 Å². The van der Waals surface area contributed by atoms with Crippen LogP contribution in [0.5, 0.6) is 0 Å². The van der Waals surface area contributed by atoms with Crippen LogP contribution in [0.2, 0.25) is 0 Å². The highest BCUT2D eigenvalue weighted by atomic mass is 79.9. The molecule has 0 saturated carbocycles. The van der Waals surface area contributed by atoms with Gasteiger partial charge in [-0.05, 0) is 18.2 Å². The van der Waals surface area contributed by atoms with Gasteiger partial charge in [-0.3, -0.25) is 4.90 Å². The number of thioether (sulfide) groups is 1. The minimum atomic E-state index is 0.737. The number of halogens is 1. The van der Waals surface area contributed by atoms with Crippen LogP contribution in [0.4, 0.5) is 0 Å². The molecule has 0 unspecified atom stereocenters. The monoisotopic (exact) mass is 407 g/mol. The fraction of sp³-hybridized carbons (Fsp3) is 0.438. The first-order valence-corrected chi connectivity index (χ1v) is 9.71. The lowest BCUT2D eigenvalue weighted by atomic mass is 10.2. The molecule has 126 valence electrons. The largest absolute Gasteiger partial charge is 0.379 e. The Morgan fingerprint density at radius 2 is 2.08 bits per heavy atom. The highest BCUT2D eigenvalue weighted by Crippen LogP contribution is 2.28. The molecule has 1 aromatic carbocycles. The van der Waals surface area contributed by atoms with Crippen molar-refractivity contribution in [2.24, 2.45) is 7.05 Å². The average molecular weight is 408 g/mol. The standard InChI is InChI=1S/C16H18BrN5OS/c1-21-13-3-2-11(17)10-12(13)14-15(21)18-16(20-19-14)24-9-6-22-4-7-23-8-5-22/h2-3,10H,4-9H2,1H3. The lowest BCUT2D eigenvalue weighted by Gasteiger charge is -2.26. The van der Waals surface area contributed by atoms with Gasteiger partial charge in [0.05, 0.1) is 18.7 Å². The summed E-state index contributed by atoms with van der Waals surface area (Å²) in [6.07, 6.45) is 0. The Kier molecular flexibility index (Phi) is 4.71. The van der Waals surface area contributed by atoms with E-state index in [9.17, 15) is 0 Å². The van der Waals surface area contributed by atoms with Crippen molar-refractivity contribution in [3.63, 3.8) is 0 Å². The number of fused-ring (bicyclic) bond motifs is 3. The molecule has 0 amide bonds. The second-order valence-electron chi connectivity index (χ2n) is 5.79. The summed E-state index contributed by atoms with van der Waals surface area (Å²) in [5, 5.41) is 10.6. The zero-order chi connectivity index (χ0) is 16.5. The predicted molar refractivity (Wildman–Crippen MR) is 99.5 cm³/mol. The zero-order valence-corrected chi connectivity index (χ0v) is 15.8. The molecule has 3 heterocycles. The fourth-order valence-corrected chi connectivity index (χ4v) is 4.11. The lowest BCUT2D eigenvalue weighted by molar-refractivity contribution is 0.0410. The van der Waals surface area contributed by atoms with Gasteiger partial charge in [-0.2, -0.15) is 0 Å². The Hall–Kier alpha value is -1.22. The van der Waals surface area contributed by atoms with E-state index in [0.717, 1.165) is 70.3 Å². The summed E-state index contributed by atoms with van der Waals surface area (Å²) in [7, 11) is 2.02. The number of hydrogen-bond donors (Lipinski definition) is 0. The van der Waals surface area contributed by atoms with E-state index in [1.807, 2.05) is 13.1 Å². The first-order chi connectivity index (χ1) is 11.7. The molecule has 3 aromatic rings. The van der Waals surface area contributed by atoms with Gasteiger partial charge in [0.25, 0.3) is 0 Å². The maximum Gasteiger partial charge on any atom is 0.211 e. The van der Waals surface area contributed by atoms with E-state index in [4.69, 9.17) is 9.72 Å². The summed E-state index contributed by atoms with van der Waals surface area (Å²) in [5.41, 5.74) is 2.85. The van der Waals surface area contributed by atoms with Gasteiger partial charge in [-0.1, -0.05) is 27.7 Å². The number of benzene rings is 1. The second-order valence-corrected chi connectivity index (χ2v) is 7.77. The average Bonchev–Trinajstić information content (AvgIpc) is 2.88. The summed E-state index contributed by atoms with van der Waals surface area (Å²) in [5.74, 6) is 0.961. The van der Waals surface area contributed by atoms with Crippen molar-refractivity contribution in [2.75, 3.05) is 38.6 Å². The summed E-state index contributed by atoms with van der Waals surface area (Å²) < 4.78 is 8.49. The van der Waals surface area contributed by atoms with Gasteiger partial charge in [0.2, 0.25) is 5.16 Å². The van der Waals surface area contributed by atoms with Crippen LogP contribution in [0, 0.1) is 0 Å². The fourth-order valence-electron chi connectivity index (χ4n) is 2.97. The summed E-state index contributed by atoms with van der Waals surface area (Å²) in [6, 6.07) is 6.18. The first kappa shape index (κ1) is 16.3. The minimum Gasteiger partial charge on any atom is -0.379 e. The quantitative estimate of drug-likeness (QED) is 0.619. The molecule has 0 aliphatic carbocycles. The molecule has 4 rings (SSSR count). The molecule has 1 fully saturated rings. The molecule has 24 heavy (non-hydrogen) atoms. The van der Waals surface area contributed by atoms with Crippen molar-refractivity contribution in [1.29, 1.82) is 0 Å². The first-order valence-electron chi connectivity index (χ1n) is 7.93. The Bertz CT molecular complexity index is 878. The molecule has 0 bridgehead atoms. The van der Waals surface area contributed by atoms with E-state index < -0.39 is 0 Å². The number of nitrogens with zero attached hydrogens (tertiary/aromatic N) is 5. The van der Waals surface area contributed by atoms with Crippen LogP contribution in [0.15, 0.2) is 27.8 Å². The van der Waals surface area contributed by atoms with Gasteiger partial charge in [0.1, 0.15) is 5.52 Å². The van der Waals surface area contributed by atoms with Gasteiger partial charge in [-0.25, -0.2) is 4.98 Å². The van der Waals surface area contributed by atoms with Crippen molar-refractivity contribution in [3.05, 3.63) is 22.7 Å². The van der Waals surface area contributed by atoms with Crippen LogP contribution in [-0.2, 0) is 11.8 Å². The molecular weight excluding hydrogens is 390 g/mol. The van der Waals surface area contributed by atoms with Crippen LogP contribution >= 0.6 is 27.7 Å². The minimum absolute atomic E-state index is 0.737. The van der Waals surface area contributed by atoms with Gasteiger partial charge < -0.3 is 9.30 Å². The second kappa shape index (κ2) is 6.95. The highest BCUT2D eigenvalue weighted by Gasteiger charge is 2.14. The van der Waals surface area contributed by atoms with E-state index in [2.05, 4.69) is 47.7 Å². The van der Waals surface area contributed by atoms with Gasteiger partial charge in [0, 0.05) is 42.3 Å². The van der Waals surface area contributed by atoms with E-state index in [-0.39, 0.29) is 0 Å². The maximum atomic E-state index is 5.37. The maximum absolute atomic E-state index is 5.37. The van der Waals surface area contributed by atoms with Crippen molar-refractivity contribution < 1.29 is 4.74 Å². The van der Waals surface area contributed by atoms with E-state index in [1.165, 1.54) is 0 Å². The number of morpholine rings is 1. The van der Waals surface area contributed by atoms with Gasteiger partial charge in [0.15, 0.2) is 5.65 Å². The van der Waals surface area contributed by atoms with E-state index >= 15 is 0 Å².